The molecule has 8 nitrogen and oxygen atoms in total. The molecule has 9 heteroatoms. The Labute approximate surface area is 216 Å². The molecule has 0 saturated carbocycles. The highest BCUT2D eigenvalue weighted by molar-refractivity contribution is 5.95. The first-order valence-electron chi connectivity index (χ1n) is 12.5. The Morgan fingerprint density at radius 2 is 1.81 bits per heavy atom. The Balaban J connectivity index is 1.59. The summed E-state index contributed by atoms with van der Waals surface area (Å²) in [5.41, 5.74) is 4.22. The van der Waals surface area contributed by atoms with Crippen molar-refractivity contribution in [1.82, 2.24) is 20.0 Å². The number of hydrogen-bond donors (Lipinski definition) is 1. The van der Waals surface area contributed by atoms with Gasteiger partial charge in [-0.15, -0.1) is 0 Å². The highest BCUT2D eigenvalue weighted by Crippen LogP contribution is 2.33. The number of halogens is 1. The van der Waals surface area contributed by atoms with Gasteiger partial charge in [-0.05, 0) is 50.1 Å². The first-order valence-corrected chi connectivity index (χ1v) is 12.5. The van der Waals surface area contributed by atoms with Gasteiger partial charge in [0.05, 0.1) is 18.2 Å². The summed E-state index contributed by atoms with van der Waals surface area (Å²) < 4.78 is 19.0. The van der Waals surface area contributed by atoms with Crippen LogP contribution in [0.3, 0.4) is 0 Å². The molecule has 1 fully saturated rings. The van der Waals surface area contributed by atoms with Gasteiger partial charge in [-0.2, -0.15) is 0 Å². The van der Waals surface area contributed by atoms with E-state index in [0.717, 1.165) is 16.7 Å². The summed E-state index contributed by atoms with van der Waals surface area (Å²) >= 11 is 0. The number of benzene rings is 2. The van der Waals surface area contributed by atoms with Crippen LogP contribution in [0, 0.1) is 19.7 Å². The van der Waals surface area contributed by atoms with Crippen molar-refractivity contribution in [2.75, 3.05) is 46.4 Å². The fourth-order valence-electron chi connectivity index (χ4n) is 4.91. The molecule has 196 valence electrons. The lowest BCUT2D eigenvalue weighted by Crippen LogP contribution is -2.53. The van der Waals surface area contributed by atoms with Crippen LogP contribution < -0.4 is 5.32 Å². The minimum atomic E-state index is -0.630. The van der Waals surface area contributed by atoms with Crippen molar-refractivity contribution in [3.05, 3.63) is 81.8 Å². The summed E-state index contributed by atoms with van der Waals surface area (Å²) in [5.74, 6) is -1.12. The van der Waals surface area contributed by atoms with E-state index in [-0.39, 0.29) is 18.5 Å². The number of likely N-dealkylation sites (N-methyl/N-ethyl adjacent to an activating group) is 1. The van der Waals surface area contributed by atoms with Crippen molar-refractivity contribution < 1.29 is 23.5 Å². The number of nitrogens with one attached hydrogen (secondary N) is 1. The number of amides is 3. The predicted octanol–water partition coefficient (Wildman–Crippen LogP) is 3.41. The second-order valence-electron chi connectivity index (χ2n) is 9.46. The average Bonchev–Trinajstić information content (AvgIpc) is 2.87. The van der Waals surface area contributed by atoms with E-state index < -0.39 is 17.8 Å². The van der Waals surface area contributed by atoms with Gasteiger partial charge in [0.25, 0.3) is 5.91 Å². The zero-order valence-corrected chi connectivity index (χ0v) is 21.7. The van der Waals surface area contributed by atoms with Gasteiger partial charge in [0.2, 0.25) is 0 Å². The van der Waals surface area contributed by atoms with Crippen LogP contribution in [0.5, 0.6) is 0 Å². The van der Waals surface area contributed by atoms with E-state index in [1.54, 1.807) is 24.9 Å². The number of nitrogens with zero attached hydrogens (tertiary/aromatic N) is 3. The Kier molecular flexibility index (Phi) is 7.92. The number of piperazine rings is 1. The maximum absolute atomic E-state index is 13.6. The summed E-state index contributed by atoms with van der Waals surface area (Å²) in [4.78, 5) is 44.3. The molecule has 2 aromatic carbocycles. The molecule has 0 radical (unpaired) electrons. The number of aryl methyl sites for hydroxylation is 2. The predicted molar refractivity (Wildman–Crippen MR) is 137 cm³/mol. The molecule has 3 amide bonds. The van der Waals surface area contributed by atoms with Crippen LogP contribution in [0.15, 0.2) is 53.7 Å². The lowest BCUT2D eigenvalue weighted by Gasteiger charge is -2.39. The summed E-state index contributed by atoms with van der Waals surface area (Å²) in [5, 5.41) is 2.97. The van der Waals surface area contributed by atoms with Crippen molar-refractivity contribution in [3.8, 4) is 0 Å². The van der Waals surface area contributed by atoms with E-state index in [1.165, 1.54) is 23.1 Å². The van der Waals surface area contributed by atoms with Crippen LogP contribution in [-0.4, -0.2) is 79.0 Å². The van der Waals surface area contributed by atoms with E-state index in [2.05, 4.69) is 10.2 Å². The van der Waals surface area contributed by atoms with E-state index >= 15 is 0 Å². The average molecular weight is 509 g/mol. The minimum Gasteiger partial charge on any atom is -0.463 e. The molecular weight excluding hydrogens is 475 g/mol. The maximum atomic E-state index is 13.6. The number of hydrogen-bond acceptors (Lipinski definition) is 5. The normalized spacial score (nSPS) is 18.6. The molecular formula is C28H33FN4O4. The van der Waals surface area contributed by atoms with Gasteiger partial charge in [-0.25, -0.2) is 14.0 Å². The molecule has 0 aliphatic carbocycles. The molecule has 2 aliphatic heterocycles. The van der Waals surface area contributed by atoms with Crippen LogP contribution in [-0.2, 0) is 9.53 Å². The van der Waals surface area contributed by atoms with E-state index in [4.69, 9.17) is 4.74 Å². The molecule has 0 spiro atoms. The Hall–Kier alpha value is -3.72. The largest absolute Gasteiger partial charge is 0.463 e. The zero-order chi connectivity index (χ0) is 26.7. The quantitative estimate of drug-likeness (QED) is 0.605. The highest BCUT2D eigenvalue weighted by atomic mass is 19.1. The molecule has 0 bridgehead atoms. The molecule has 1 unspecified atom stereocenters. The molecule has 1 N–H and O–H groups in total. The third-order valence-electron chi connectivity index (χ3n) is 6.91. The van der Waals surface area contributed by atoms with Gasteiger partial charge in [0.1, 0.15) is 5.82 Å². The van der Waals surface area contributed by atoms with E-state index in [1.807, 2.05) is 32.0 Å². The molecule has 2 heterocycles. The summed E-state index contributed by atoms with van der Waals surface area (Å²) in [6.45, 7) is 8.27. The monoisotopic (exact) mass is 508 g/mol. The lowest BCUT2D eigenvalue weighted by molar-refractivity contribution is -0.139. The molecule has 1 saturated heterocycles. The first-order chi connectivity index (χ1) is 17.7. The molecule has 2 aromatic rings. The number of carbonyl (C=O) groups excluding carboxylic acids is 3. The van der Waals surface area contributed by atoms with E-state index in [0.29, 0.717) is 49.6 Å². The molecule has 1 atom stereocenters. The highest BCUT2D eigenvalue weighted by Gasteiger charge is 2.38. The number of urea groups is 1. The van der Waals surface area contributed by atoms with Crippen LogP contribution in [0.1, 0.15) is 40.0 Å². The minimum absolute atomic E-state index is 0.213. The zero-order valence-electron chi connectivity index (χ0n) is 21.7. The summed E-state index contributed by atoms with van der Waals surface area (Å²) in [6.07, 6.45) is 0. The van der Waals surface area contributed by atoms with Gasteiger partial charge in [-0.1, -0.05) is 29.8 Å². The Bertz CT molecular complexity index is 1240. The van der Waals surface area contributed by atoms with Crippen molar-refractivity contribution in [2.45, 2.75) is 26.8 Å². The van der Waals surface area contributed by atoms with Crippen molar-refractivity contribution in [1.29, 1.82) is 0 Å². The van der Waals surface area contributed by atoms with Crippen molar-refractivity contribution >= 4 is 17.9 Å². The molecule has 4 rings (SSSR count). The summed E-state index contributed by atoms with van der Waals surface area (Å²) in [7, 11) is 1.64. The fourth-order valence-corrected chi connectivity index (χ4v) is 4.91. The third kappa shape index (κ3) is 5.67. The van der Waals surface area contributed by atoms with Crippen LogP contribution in [0.4, 0.5) is 9.18 Å². The van der Waals surface area contributed by atoms with Gasteiger partial charge in [-0.3, -0.25) is 14.6 Å². The fraction of sp³-hybridized carbons (Fsp3) is 0.393. The van der Waals surface area contributed by atoms with Gasteiger partial charge in [0.15, 0.2) is 0 Å². The van der Waals surface area contributed by atoms with Crippen LogP contribution in [0.25, 0.3) is 0 Å². The first kappa shape index (κ1) is 26.3. The maximum Gasteiger partial charge on any atom is 0.338 e. The standard InChI is InChI=1S/C28H33FN4O4/c1-5-37-27(35)24-23(31(4)28(36)30-25(24)22-10-9-18(2)15-19(22)3)17-32-11-13-33(14-12-32)26(34)20-7-6-8-21(29)16-20/h6-10,15-16,25H,5,11-14,17H2,1-4H3,(H,30,36). The lowest BCUT2D eigenvalue weighted by atomic mass is 9.90. The third-order valence-corrected chi connectivity index (χ3v) is 6.91. The number of ether oxygens (including phenoxy) is 1. The second-order valence-corrected chi connectivity index (χ2v) is 9.46. The molecule has 0 aromatic heterocycles. The van der Waals surface area contributed by atoms with Crippen LogP contribution >= 0.6 is 0 Å². The molecule has 37 heavy (non-hydrogen) atoms. The Morgan fingerprint density at radius 1 is 1.08 bits per heavy atom. The van der Waals surface area contributed by atoms with E-state index in [9.17, 15) is 18.8 Å². The SMILES string of the molecule is CCOC(=O)C1=C(CN2CCN(C(=O)c3cccc(F)c3)CC2)N(C)C(=O)NC1c1ccc(C)cc1C. The van der Waals surface area contributed by atoms with Gasteiger partial charge >= 0.3 is 12.0 Å². The number of esters is 1. The number of carbonyl (C=O) groups is 3. The van der Waals surface area contributed by atoms with Crippen LogP contribution in [0.2, 0.25) is 0 Å². The van der Waals surface area contributed by atoms with Crippen molar-refractivity contribution in [2.24, 2.45) is 0 Å². The molecule has 2 aliphatic rings. The van der Waals surface area contributed by atoms with Gasteiger partial charge < -0.3 is 15.0 Å². The topological polar surface area (TPSA) is 82.2 Å². The second kappa shape index (κ2) is 11.1. The summed E-state index contributed by atoms with van der Waals surface area (Å²) in [6, 6.07) is 10.7. The smallest absolute Gasteiger partial charge is 0.338 e. The van der Waals surface area contributed by atoms with Gasteiger partial charge in [0, 0.05) is 51.0 Å². The Morgan fingerprint density at radius 3 is 2.46 bits per heavy atom. The number of rotatable bonds is 6. The van der Waals surface area contributed by atoms with Crippen molar-refractivity contribution in [3.63, 3.8) is 0 Å².